The number of anilines is 1. The highest BCUT2D eigenvalue weighted by Gasteiger charge is 2.18. The van der Waals surface area contributed by atoms with E-state index in [0.717, 1.165) is 22.6 Å². The van der Waals surface area contributed by atoms with Crippen LogP contribution in [0, 0.1) is 5.95 Å². The number of hydrogen-bond donors (Lipinski definition) is 0. The van der Waals surface area contributed by atoms with Crippen molar-refractivity contribution in [3.05, 3.63) is 70.1 Å². The van der Waals surface area contributed by atoms with E-state index in [1.807, 2.05) is 53.4 Å². The van der Waals surface area contributed by atoms with E-state index in [9.17, 15) is 4.39 Å². The van der Waals surface area contributed by atoms with E-state index in [1.165, 1.54) is 7.11 Å². The standard InChI is InChI=1S/C21H21BrFN3O3/c1-27-16-8-4-14(5-9-16)12-26(13-15-6-10-17(28-2)11-7-15)21-24-19(23)18(22)20(25-21)29-3/h4-11H,12-13H2,1-3H3. The lowest BCUT2D eigenvalue weighted by atomic mass is 10.1. The Hall–Kier alpha value is -2.87. The summed E-state index contributed by atoms with van der Waals surface area (Å²) in [6, 6.07) is 15.3. The van der Waals surface area contributed by atoms with Gasteiger partial charge in [0.25, 0.3) is 0 Å². The van der Waals surface area contributed by atoms with Crippen LogP contribution in [0.2, 0.25) is 0 Å². The van der Waals surface area contributed by atoms with Crippen LogP contribution in [0.5, 0.6) is 17.4 Å². The number of halogens is 2. The van der Waals surface area contributed by atoms with Crippen LogP contribution in [-0.2, 0) is 13.1 Å². The largest absolute Gasteiger partial charge is 0.497 e. The summed E-state index contributed by atoms with van der Waals surface area (Å²) in [5.74, 6) is 1.23. The minimum atomic E-state index is -0.679. The van der Waals surface area contributed by atoms with Crippen molar-refractivity contribution in [3.63, 3.8) is 0 Å². The monoisotopic (exact) mass is 461 g/mol. The molecule has 1 aromatic heterocycles. The van der Waals surface area contributed by atoms with E-state index in [0.29, 0.717) is 13.1 Å². The second-order valence-electron chi connectivity index (χ2n) is 6.19. The molecule has 0 aliphatic rings. The molecule has 29 heavy (non-hydrogen) atoms. The summed E-state index contributed by atoms with van der Waals surface area (Å²) in [6.45, 7) is 0.945. The van der Waals surface area contributed by atoms with Gasteiger partial charge in [-0.1, -0.05) is 24.3 Å². The zero-order valence-corrected chi connectivity index (χ0v) is 17.9. The second kappa shape index (κ2) is 9.56. The van der Waals surface area contributed by atoms with E-state index in [-0.39, 0.29) is 16.3 Å². The van der Waals surface area contributed by atoms with E-state index in [1.54, 1.807) is 14.2 Å². The number of rotatable bonds is 8. The fourth-order valence-electron chi connectivity index (χ4n) is 2.77. The Balaban J connectivity index is 1.94. The Morgan fingerprint density at radius 1 is 0.793 bits per heavy atom. The molecule has 3 rings (SSSR count). The van der Waals surface area contributed by atoms with E-state index < -0.39 is 5.95 Å². The maximum atomic E-state index is 14.3. The molecule has 0 unspecified atom stereocenters. The Kier molecular flexibility index (Phi) is 6.87. The lowest BCUT2D eigenvalue weighted by Crippen LogP contribution is -2.25. The van der Waals surface area contributed by atoms with Crippen LogP contribution < -0.4 is 19.1 Å². The summed E-state index contributed by atoms with van der Waals surface area (Å²) in [5.41, 5.74) is 2.01. The molecule has 0 saturated heterocycles. The molecule has 3 aromatic rings. The van der Waals surface area contributed by atoms with Gasteiger partial charge >= 0.3 is 0 Å². The van der Waals surface area contributed by atoms with Crippen molar-refractivity contribution in [2.75, 3.05) is 26.2 Å². The number of aromatic nitrogens is 2. The number of nitrogens with zero attached hydrogens (tertiary/aromatic N) is 3. The van der Waals surface area contributed by atoms with Gasteiger partial charge in [-0.25, -0.2) is 0 Å². The van der Waals surface area contributed by atoms with Gasteiger partial charge in [0.05, 0.1) is 21.3 Å². The molecule has 0 N–H and O–H groups in total. The molecule has 6 nitrogen and oxygen atoms in total. The molecular weight excluding hydrogens is 441 g/mol. The molecule has 0 fully saturated rings. The van der Waals surface area contributed by atoms with Crippen LogP contribution in [-0.4, -0.2) is 31.3 Å². The van der Waals surface area contributed by atoms with Gasteiger partial charge in [0, 0.05) is 13.1 Å². The molecule has 0 bridgehead atoms. The number of ether oxygens (including phenoxy) is 3. The van der Waals surface area contributed by atoms with Gasteiger partial charge in [0.15, 0.2) is 0 Å². The van der Waals surface area contributed by atoms with Crippen molar-refractivity contribution >= 4 is 21.9 Å². The lowest BCUT2D eigenvalue weighted by Gasteiger charge is -2.24. The van der Waals surface area contributed by atoms with Crippen molar-refractivity contribution in [2.45, 2.75) is 13.1 Å². The fraction of sp³-hybridized carbons (Fsp3) is 0.238. The Labute approximate surface area is 177 Å². The topological polar surface area (TPSA) is 56.7 Å². The molecular formula is C21H21BrFN3O3. The lowest BCUT2D eigenvalue weighted by molar-refractivity contribution is 0.386. The van der Waals surface area contributed by atoms with Crippen molar-refractivity contribution < 1.29 is 18.6 Å². The van der Waals surface area contributed by atoms with Gasteiger partial charge in [-0.3, -0.25) is 0 Å². The first-order valence-corrected chi connectivity index (χ1v) is 9.61. The highest BCUT2D eigenvalue weighted by atomic mass is 79.9. The first kappa shape index (κ1) is 20.9. The summed E-state index contributed by atoms with van der Waals surface area (Å²) in [6.07, 6.45) is 0. The quantitative estimate of drug-likeness (QED) is 0.456. The molecule has 1 heterocycles. The van der Waals surface area contributed by atoms with Crippen LogP contribution in [0.4, 0.5) is 10.3 Å². The van der Waals surface area contributed by atoms with Gasteiger partial charge < -0.3 is 19.1 Å². The maximum Gasteiger partial charge on any atom is 0.235 e. The van der Waals surface area contributed by atoms with Crippen molar-refractivity contribution in [1.82, 2.24) is 9.97 Å². The molecule has 2 aromatic carbocycles. The molecule has 0 amide bonds. The summed E-state index contributed by atoms with van der Waals surface area (Å²) >= 11 is 3.12. The van der Waals surface area contributed by atoms with Crippen molar-refractivity contribution in [3.8, 4) is 17.4 Å². The molecule has 0 saturated carbocycles. The van der Waals surface area contributed by atoms with Crippen LogP contribution in [0.25, 0.3) is 0 Å². The third-order valence-electron chi connectivity index (χ3n) is 4.31. The minimum absolute atomic E-state index is 0.0950. The summed E-state index contributed by atoms with van der Waals surface area (Å²) in [7, 11) is 4.68. The highest BCUT2D eigenvalue weighted by Crippen LogP contribution is 2.28. The van der Waals surface area contributed by atoms with Gasteiger partial charge in [0.2, 0.25) is 17.8 Å². The average molecular weight is 462 g/mol. The van der Waals surface area contributed by atoms with Crippen LogP contribution >= 0.6 is 15.9 Å². The first-order chi connectivity index (χ1) is 14.0. The van der Waals surface area contributed by atoms with Crippen LogP contribution in [0.1, 0.15) is 11.1 Å². The predicted octanol–water partition coefficient (Wildman–Crippen LogP) is 4.61. The first-order valence-electron chi connectivity index (χ1n) is 8.82. The summed E-state index contributed by atoms with van der Waals surface area (Å²) in [5, 5.41) is 0. The number of hydrogen-bond acceptors (Lipinski definition) is 6. The summed E-state index contributed by atoms with van der Waals surface area (Å²) in [4.78, 5) is 10.3. The average Bonchev–Trinajstić information content (AvgIpc) is 2.76. The minimum Gasteiger partial charge on any atom is -0.497 e. The Bertz CT molecular complexity index is 903. The normalized spacial score (nSPS) is 10.5. The molecule has 8 heteroatoms. The fourth-order valence-corrected chi connectivity index (χ4v) is 3.11. The molecule has 0 radical (unpaired) electrons. The molecule has 0 atom stereocenters. The predicted molar refractivity (Wildman–Crippen MR) is 112 cm³/mol. The summed E-state index contributed by atoms with van der Waals surface area (Å²) < 4.78 is 30.0. The zero-order valence-electron chi connectivity index (χ0n) is 16.4. The van der Waals surface area contributed by atoms with Crippen molar-refractivity contribution in [2.24, 2.45) is 0 Å². The number of methoxy groups -OCH3 is 3. The Morgan fingerprint density at radius 3 is 1.69 bits per heavy atom. The maximum absolute atomic E-state index is 14.3. The van der Waals surface area contributed by atoms with Gasteiger partial charge in [-0.15, -0.1) is 0 Å². The molecule has 0 spiro atoms. The number of benzene rings is 2. The van der Waals surface area contributed by atoms with Gasteiger partial charge in [-0.05, 0) is 51.3 Å². The SMILES string of the molecule is COc1ccc(CN(Cc2ccc(OC)cc2)c2nc(F)c(Br)c(OC)n2)cc1. The molecule has 152 valence electrons. The van der Waals surface area contributed by atoms with E-state index in [2.05, 4.69) is 25.9 Å². The molecule has 0 aliphatic carbocycles. The highest BCUT2D eigenvalue weighted by molar-refractivity contribution is 9.10. The second-order valence-corrected chi connectivity index (χ2v) is 6.98. The Morgan fingerprint density at radius 2 is 1.28 bits per heavy atom. The van der Waals surface area contributed by atoms with Gasteiger partial charge in [0.1, 0.15) is 16.0 Å². The third kappa shape index (κ3) is 5.14. The smallest absolute Gasteiger partial charge is 0.235 e. The molecule has 0 aliphatic heterocycles. The van der Waals surface area contributed by atoms with E-state index >= 15 is 0 Å². The van der Waals surface area contributed by atoms with Crippen LogP contribution in [0.3, 0.4) is 0 Å². The van der Waals surface area contributed by atoms with Crippen molar-refractivity contribution in [1.29, 1.82) is 0 Å². The van der Waals surface area contributed by atoms with Gasteiger partial charge in [-0.2, -0.15) is 14.4 Å². The van der Waals surface area contributed by atoms with Crippen LogP contribution in [0.15, 0.2) is 53.0 Å². The van der Waals surface area contributed by atoms with E-state index in [4.69, 9.17) is 14.2 Å². The third-order valence-corrected chi connectivity index (χ3v) is 4.98. The zero-order chi connectivity index (χ0) is 20.8.